The molecule has 1 amide bonds. The minimum atomic E-state index is -0.0232. The third-order valence-electron chi connectivity index (χ3n) is 3.82. The molecule has 6 nitrogen and oxygen atoms in total. The number of nitrogens with one attached hydrogen (secondary N) is 2. The molecule has 0 saturated carbocycles. The van der Waals surface area contributed by atoms with Crippen LogP contribution < -0.4 is 10.6 Å². The fourth-order valence-electron chi connectivity index (χ4n) is 3.12. The van der Waals surface area contributed by atoms with Crippen molar-refractivity contribution < 1.29 is 9.21 Å². The molecule has 3 heterocycles. The molecule has 18 heavy (non-hydrogen) atoms. The standard InChI is InChI=1S/C12H18N4O2/c1-7-15-16-12(18-7)14-11(17)6-8-4-9-2-3-10(5-8)13-9/h8-10,13H,2-6H2,1H3,(H,14,16,17). The summed E-state index contributed by atoms with van der Waals surface area (Å²) in [5.74, 6) is 0.919. The molecule has 1 aromatic heterocycles. The van der Waals surface area contributed by atoms with Gasteiger partial charge in [0.1, 0.15) is 0 Å². The zero-order valence-corrected chi connectivity index (χ0v) is 10.5. The number of amides is 1. The smallest absolute Gasteiger partial charge is 0.322 e. The van der Waals surface area contributed by atoms with Crippen molar-refractivity contribution in [3.05, 3.63) is 5.89 Å². The Labute approximate surface area is 106 Å². The van der Waals surface area contributed by atoms with Gasteiger partial charge in [-0.3, -0.25) is 10.1 Å². The van der Waals surface area contributed by atoms with E-state index in [1.165, 1.54) is 12.8 Å². The van der Waals surface area contributed by atoms with Gasteiger partial charge in [0, 0.05) is 25.4 Å². The highest BCUT2D eigenvalue weighted by Crippen LogP contribution is 2.32. The van der Waals surface area contributed by atoms with E-state index >= 15 is 0 Å². The van der Waals surface area contributed by atoms with Crippen LogP contribution in [0.2, 0.25) is 0 Å². The minimum Gasteiger partial charge on any atom is -0.408 e. The maximum atomic E-state index is 11.9. The molecule has 98 valence electrons. The topological polar surface area (TPSA) is 80.0 Å². The number of aryl methyl sites for hydroxylation is 1. The number of carbonyl (C=O) groups is 1. The molecule has 2 saturated heterocycles. The summed E-state index contributed by atoms with van der Waals surface area (Å²) in [6.45, 7) is 1.70. The van der Waals surface area contributed by atoms with Crippen LogP contribution in [-0.4, -0.2) is 28.2 Å². The van der Waals surface area contributed by atoms with Crippen LogP contribution >= 0.6 is 0 Å². The number of rotatable bonds is 3. The first kappa shape index (κ1) is 11.6. The Morgan fingerprint density at radius 3 is 2.72 bits per heavy atom. The van der Waals surface area contributed by atoms with Crippen molar-refractivity contribution >= 4 is 11.9 Å². The molecule has 6 heteroatoms. The highest BCUT2D eigenvalue weighted by atomic mass is 16.4. The van der Waals surface area contributed by atoms with E-state index in [-0.39, 0.29) is 11.9 Å². The van der Waals surface area contributed by atoms with E-state index < -0.39 is 0 Å². The van der Waals surface area contributed by atoms with Crippen molar-refractivity contribution in [2.75, 3.05) is 5.32 Å². The van der Waals surface area contributed by atoms with Crippen LogP contribution in [0.15, 0.2) is 4.42 Å². The number of carbonyl (C=O) groups excluding carboxylic acids is 1. The number of anilines is 1. The van der Waals surface area contributed by atoms with Crippen molar-refractivity contribution in [1.82, 2.24) is 15.5 Å². The first-order chi connectivity index (χ1) is 8.69. The molecular formula is C12H18N4O2. The van der Waals surface area contributed by atoms with Gasteiger partial charge in [-0.05, 0) is 31.6 Å². The fraction of sp³-hybridized carbons (Fsp3) is 0.750. The first-order valence-electron chi connectivity index (χ1n) is 6.55. The molecule has 2 atom stereocenters. The quantitative estimate of drug-likeness (QED) is 0.843. The number of hydrogen-bond acceptors (Lipinski definition) is 5. The predicted molar refractivity (Wildman–Crippen MR) is 65.0 cm³/mol. The molecule has 2 N–H and O–H groups in total. The zero-order valence-electron chi connectivity index (χ0n) is 10.5. The lowest BCUT2D eigenvalue weighted by atomic mass is 9.89. The monoisotopic (exact) mass is 250 g/mol. The molecule has 2 bridgehead atoms. The predicted octanol–water partition coefficient (Wildman–Crippen LogP) is 1.24. The second-order valence-electron chi connectivity index (χ2n) is 5.35. The highest BCUT2D eigenvalue weighted by Gasteiger charge is 2.34. The number of fused-ring (bicyclic) bond motifs is 2. The lowest BCUT2D eigenvalue weighted by Crippen LogP contribution is -2.39. The van der Waals surface area contributed by atoms with Crippen molar-refractivity contribution in [2.24, 2.45) is 5.92 Å². The molecule has 2 fully saturated rings. The van der Waals surface area contributed by atoms with Crippen molar-refractivity contribution in [3.8, 4) is 0 Å². The molecule has 0 radical (unpaired) electrons. The van der Waals surface area contributed by atoms with E-state index in [9.17, 15) is 4.79 Å². The van der Waals surface area contributed by atoms with Crippen LogP contribution in [0.3, 0.4) is 0 Å². The lowest BCUT2D eigenvalue weighted by Gasteiger charge is -2.28. The van der Waals surface area contributed by atoms with Crippen LogP contribution in [-0.2, 0) is 4.79 Å². The molecule has 0 aliphatic carbocycles. The van der Waals surface area contributed by atoms with Gasteiger partial charge >= 0.3 is 6.01 Å². The van der Waals surface area contributed by atoms with E-state index in [1.54, 1.807) is 6.92 Å². The largest absolute Gasteiger partial charge is 0.408 e. The Balaban J connectivity index is 1.52. The summed E-state index contributed by atoms with van der Waals surface area (Å²) in [5.41, 5.74) is 0. The van der Waals surface area contributed by atoms with Crippen molar-refractivity contribution in [2.45, 2.75) is 51.1 Å². The Hall–Kier alpha value is -1.43. The molecule has 3 rings (SSSR count). The van der Waals surface area contributed by atoms with Crippen LogP contribution in [0, 0.1) is 12.8 Å². The summed E-state index contributed by atoms with van der Waals surface area (Å²) in [4.78, 5) is 11.9. The number of aromatic nitrogens is 2. The van der Waals surface area contributed by atoms with Crippen LogP contribution in [0.5, 0.6) is 0 Å². The normalized spacial score (nSPS) is 30.4. The van der Waals surface area contributed by atoms with E-state index in [4.69, 9.17) is 4.42 Å². The molecule has 1 aromatic rings. The molecule has 2 aliphatic heterocycles. The lowest BCUT2D eigenvalue weighted by molar-refractivity contribution is -0.117. The third kappa shape index (κ3) is 2.53. The summed E-state index contributed by atoms with van der Waals surface area (Å²) in [7, 11) is 0. The average Bonchev–Trinajstić information content (AvgIpc) is 2.85. The van der Waals surface area contributed by atoms with Gasteiger partial charge in [-0.25, -0.2) is 0 Å². The first-order valence-corrected chi connectivity index (χ1v) is 6.55. The van der Waals surface area contributed by atoms with E-state index in [1.807, 2.05) is 0 Å². The third-order valence-corrected chi connectivity index (χ3v) is 3.82. The Morgan fingerprint density at radius 2 is 2.11 bits per heavy atom. The van der Waals surface area contributed by atoms with E-state index in [0.717, 1.165) is 12.8 Å². The SMILES string of the molecule is Cc1nnc(NC(=O)CC2CC3CCC(C2)N3)o1. The summed E-state index contributed by atoms with van der Waals surface area (Å²) in [6, 6.07) is 1.44. The van der Waals surface area contributed by atoms with Gasteiger partial charge in [-0.1, -0.05) is 5.10 Å². The summed E-state index contributed by atoms with van der Waals surface area (Å²) in [6.07, 6.45) is 5.27. The van der Waals surface area contributed by atoms with Gasteiger partial charge in [0.25, 0.3) is 0 Å². The number of piperidine rings is 1. The van der Waals surface area contributed by atoms with Gasteiger partial charge in [0.15, 0.2) is 0 Å². The molecule has 2 unspecified atom stereocenters. The highest BCUT2D eigenvalue weighted by molar-refractivity contribution is 5.88. The summed E-state index contributed by atoms with van der Waals surface area (Å²) >= 11 is 0. The number of nitrogens with zero attached hydrogens (tertiary/aromatic N) is 2. The van der Waals surface area contributed by atoms with Gasteiger partial charge < -0.3 is 9.73 Å². The molecule has 2 aliphatic rings. The van der Waals surface area contributed by atoms with Gasteiger partial charge in [-0.2, -0.15) is 0 Å². The van der Waals surface area contributed by atoms with Crippen LogP contribution in [0.1, 0.15) is 38.0 Å². The van der Waals surface area contributed by atoms with Gasteiger partial charge in [0.2, 0.25) is 11.8 Å². The van der Waals surface area contributed by atoms with Crippen molar-refractivity contribution in [1.29, 1.82) is 0 Å². The van der Waals surface area contributed by atoms with Gasteiger partial charge in [-0.15, -0.1) is 5.10 Å². The van der Waals surface area contributed by atoms with Crippen LogP contribution in [0.4, 0.5) is 6.01 Å². The Kier molecular flexibility index (Phi) is 3.03. The average molecular weight is 250 g/mol. The fourth-order valence-corrected chi connectivity index (χ4v) is 3.12. The zero-order chi connectivity index (χ0) is 12.5. The second kappa shape index (κ2) is 4.68. The second-order valence-corrected chi connectivity index (χ2v) is 5.35. The number of hydrogen-bond donors (Lipinski definition) is 2. The Bertz CT molecular complexity index is 433. The summed E-state index contributed by atoms with van der Waals surface area (Å²) in [5, 5.41) is 13.7. The maximum absolute atomic E-state index is 11.9. The van der Waals surface area contributed by atoms with Gasteiger partial charge in [0.05, 0.1) is 0 Å². The molecule has 0 aromatic carbocycles. The van der Waals surface area contributed by atoms with Crippen LogP contribution in [0.25, 0.3) is 0 Å². The minimum absolute atomic E-state index is 0.0232. The summed E-state index contributed by atoms with van der Waals surface area (Å²) < 4.78 is 5.13. The molecule has 0 spiro atoms. The Morgan fingerprint density at radius 1 is 1.39 bits per heavy atom. The molecular weight excluding hydrogens is 232 g/mol. The van der Waals surface area contributed by atoms with Crippen molar-refractivity contribution in [3.63, 3.8) is 0 Å². The van der Waals surface area contributed by atoms with E-state index in [2.05, 4.69) is 20.8 Å². The maximum Gasteiger partial charge on any atom is 0.322 e. The van der Waals surface area contributed by atoms with E-state index in [0.29, 0.717) is 30.3 Å².